The number of benzene rings is 1. The predicted molar refractivity (Wildman–Crippen MR) is 87.5 cm³/mol. The molecule has 2 aliphatic rings. The molecule has 0 N–H and O–H groups in total. The van der Waals surface area contributed by atoms with Gasteiger partial charge in [0.2, 0.25) is 0 Å². The highest BCUT2D eigenvalue weighted by Crippen LogP contribution is 2.39. The van der Waals surface area contributed by atoms with E-state index in [9.17, 15) is 0 Å². The second kappa shape index (κ2) is 5.92. The minimum Gasteiger partial charge on any atom is -0.496 e. The van der Waals surface area contributed by atoms with Gasteiger partial charge in [-0.2, -0.15) is 0 Å². The van der Waals surface area contributed by atoms with Gasteiger partial charge in [0, 0.05) is 10.8 Å². The molecule has 104 valence electrons. The summed E-state index contributed by atoms with van der Waals surface area (Å²) in [5.74, 6) is 1.51. The summed E-state index contributed by atoms with van der Waals surface area (Å²) in [5.41, 5.74) is 4.42. The molecule has 0 spiro atoms. The number of thioether (sulfide) groups is 1. The number of rotatable bonds is 3. The summed E-state index contributed by atoms with van der Waals surface area (Å²) in [6.07, 6.45) is 12.5. The van der Waals surface area contributed by atoms with Crippen LogP contribution in [-0.4, -0.2) is 13.4 Å². The molecule has 0 aromatic heterocycles. The van der Waals surface area contributed by atoms with E-state index in [1.807, 2.05) is 0 Å². The Kier molecular flexibility index (Phi) is 4.02. The molecule has 0 saturated carbocycles. The summed E-state index contributed by atoms with van der Waals surface area (Å²) in [6.45, 7) is 0. The van der Waals surface area contributed by atoms with E-state index in [4.69, 9.17) is 4.74 Å². The van der Waals surface area contributed by atoms with Crippen molar-refractivity contribution >= 4 is 17.3 Å². The summed E-state index contributed by atoms with van der Waals surface area (Å²) in [4.78, 5) is 1.26. The van der Waals surface area contributed by atoms with E-state index in [0.717, 1.165) is 18.6 Å². The molecule has 1 aromatic carbocycles. The quantitative estimate of drug-likeness (QED) is 0.787. The zero-order valence-corrected chi connectivity index (χ0v) is 12.9. The first-order chi connectivity index (χ1) is 9.83. The number of ether oxygens (including phenoxy) is 1. The molecule has 0 saturated heterocycles. The molecule has 1 atom stereocenters. The number of methoxy groups -OCH3 is 1. The molecule has 0 aliphatic heterocycles. The van der Waals surface area contributed by atoms with Crippen molar-refractivity contribution in [2.45, 2.75) is 19.3 Å². The molecule has 1 unspecified atom stereocenters. The average molecular weight is 284 g/mol. The molecule has 0 radical (unpaired) electrons. The largest absolute Gasteiger partial charge is 0.496 e. The van der Waals surface area contributed by atoms with Crippen LogP contribution in [0.3, 0.4) is 0 Å². The first-order valence-electron chi connectivity index (χ1n) is 7.12. The van der Waals surface area contributed by atoms with Crippen molar-refractivity contribution < 1.29 is 4.74 Å². The molecular formula is C18H20OS. The van der Waals surface area contributed by atoms with Gasteiger partial charge in [0.05, 0.1) is 7.11 Å². The summed E-state index contributed by atoms with van der Waals surface area (Å²) < 4.78 is 5.45. The molecule has 0 fully saturated rings. The molecule has 1 aromatic rings. The Morgan fingerprint density at radius 3 is 2.85 bits per heavy atom. The van der Waals surface area contributed by atoms with E-state index in [2.05, 4.69) is 48.7 Å². The molecule has 2 heteroatoms. The van der Waals surface area contributed by atoms with E-state index in [-0.39, 0.29) is 0 Å². The number of aryl methyl sites for hydroxylation is 1. The first kappa shape index (κ1) is 13.6. The fourth-order valence-electron chi connectivity index (χ4n) is 3.10. The highest BCUT2D eigenvalue weighted by Gasteiger charge is 2.22. The third-order valence-electron chi connectivity index (χ3n) is 4.10. The van der Waals surface area contributed by atoms with E-state index >= 15 is 0 Å². The predicted octanol–water partition coefficient (Wildman–Crippen LogP) is 4.81. The summed E-state index contributed by atoms with van der Waals surface area (Å²) in [5, 5.41) is 0. The molecule has 1 nitrogen and oxygen atoms in total. The van der Waals surface area contributed by atoms with Gasteiger partial charge in [-0.15, -0.1) is 11.8 Å². The highest BCUT2D eigenvalue weighted by molar-refractivity contribution is 8.02. The Balaban J connectivity index is 1.93. The Morgan fingerprint density at radius 1 is 1.20 bits per heavy atom. The maximum Gasteiger partial charge on any atom is 0.128 e. The van der Waals surface area contributed by atoms with Crippen molar-refractivity contribution in [1.29, 1.82) is 0 Å². The van der Waals surface area contributed by atoms with Gasteiger partial charge in [0.15, 0.2) is 0 Å². The van der Waals surface area contributed by atoms with Gasteiger partial charge < -0.3 is 4.74 Å². The lowest BCUT2D eigenvalue weighted by atomic mass is 9.81. The minimum atomic E-state index is 0.484. The Labute approximate surface area is 125 Å². The fraction of sp³-hybridized carbons (Fsp3) is 0.333. The molecule has 0 bridgehead atoms. The number of hydrogen-bond donors (Lipinski definition) is 0. The van der Waals surface area contributed by atoms with Crippen LogP contribution < -0.4 is 0 Å². The Morgan fingerprint density at radius 2 is 2.05 bits per heavy atom. The number of allylic oxidation sites excluding steroid dienone is 4. The Hall–Kier alpha value is -1.41. The molecule has 2 aliphatic carbocycles. The third-order valence-corrected chi connectivity index (χ3v) is 4.88. The van der Waals surface area contributed by atoms with Gasteiger partial charge in [0.1, 0.15) is 5.76 Å². The van der Waals surface area contributed by atoms with Crippen LogP contribution in [-0.2, 0) is 11.2 Å². The standard InChI is InChI=1S/C18H20OS/c1-19-17-11-10-14(12-18(17)20-2)16-9-5-7-13-6-3-4-8-15(13)16/h3-4,6,8-9,11-12,14H,5,7,10H2,1-2H3. The van der Waals surface area contributed by atoms with Crippen LogP contribution in [0.4, 0.5) is 0 Å². The van der Waals surface area contributed by atoms with Gasteiger partial charge in [0.25, 0.3) is 0 Å². The van der Waals surface area contributed by atoms with Crippen LogP contribution in [0, 0.1) is 5.92 Å². The highest BCUT2D eigenvalue weighted by atomic mass is 32.2. The lowest BCUT2D eigenvalue weighted by Gasteiger charge is -2.26. The lowest BCUT2D eigenvalue weighted by molar-refractivity contribution is 0.301. The van der Waals surface area contributed by atoms with Crippen LogP contribution in [0.25, 0.3) is 5.57 Å². The molecule has 0 heterocycles. The zero-order chi connectivity index (χ0) is 13.9. The normalized spacial score (nSPS) is 21.5. The maximum absolute atomic E-state index is 5.45. The smallest absolute Gasteiger partial charge is 0.128 e. The lowest BCUT2D eigenvalue weighted by Crippen LogP contribution is -2.10. The third kappa shape index (κ3) is 2.45. The second-order valence-corrected chi connectivity index (χ2v) is 6.05. The van der Waals surface area contributed by atoms with E-state index in [1.165, 1.54) is 28.0 Å². The van der Waals surface area contributed by atoms with Crippen LogP contribution in [0.2, 0.25) is 0 Å². The van der Waals surface area contributed by atoms with Crippen molar-refractivity contribution in [2.75, 3.05) is 13.4 Å². The fourth-order valence-corrected chi connectivity index (χ4v) is 3.77. The van der Waals surface area contributed by atoms with Crippen LogP contribution in [0.5, 0.6) is 0 Å². The van der Waals surface area contributed by atoms with Gasteiger partial charge >= 0.3 is 0 Å². The van der Waals surface area contributed by atoms with Crippen LogP contribution >= 0.6 is 11.8 Å². The van der Waals surface area contributed by atoms with Crippen molar-refractivity contribution in [2.24, 2.45) is 5.92 Å². The second-order valence-electron chi connectivity index (χ2n) is 5.21. The maximum atomic E-state index is 5.45. The molecule has 0 amide bonds. The van der Waals surface area contributed by atoms with Crippen LogP contribution in [0.1, 0.15) is 24.0 Å². The number of fused-ring (bicyclic) bond motifs is 1. The van der Waals surface area contributed by atoms with Gasteiger partial charge in [-0.3, -0.25) is 0 Å². The van der Waals surface area contributed by atoms with E-state index in [1.54, 1.807) is 18.9 Å². The molecule has 3 rings (SSSR count). The summed E-state index contributed by atoms with van der Waals surface area (Å²) in [6, 6.07) is 8.83. The van der Waals surface area contributed by atoms with Crippen molar-refractivity contribution in [3.05, 3.63) is 64.3 Å². The van der Waals surface area contributed by atoms with Crippen molar-refractivity contribution in [1.82, 2.24) is 0 Å². The minimum absolute atomic E-state index is 0.484. The van der Waals surface area contributed by atoms with Gasteiger partial charge in [-0.25, -0.2) is 0 Å². The van der Waals surface area contributed by atoms with Crippen molar-refractivity contribution in [3.63, 3.8) is 0 Å². The SMILES string of the molecule is COC1=CCC(C2=CCCc3ccccc32)C=C1SC. The topological polar surface area (TPSA) is 9.23 Å². The first-order valence-corrected chi connectivity index (χ1v) is 8.34. The number of hydrogen-bond acceptors (Lipinski definition) is 2. The van der Waals surface area contributed by atoms with E-state index in [0.29, 0.717) is 5.92 Å². The Bertz CT molecular complexity index is 595. The summed E-state index contributed by atoms with van der Waals surface area (Å²) >= 11 is 1.77. The molecular weight excluding hydrogens is 264 g/mol. The monoisotopic (exact) mass is 284 g/mol. The average Bonchev–Trinajstić information content (AvgIpc) is 2.53. The molecule has 20 heavy (non-hydrogen) atoms. The van der Waals surface area contributed by atoms with E-state index < -0.39 is 0 Å². The zero-order valence-electron chi connectivity index (χ0n) is 12.1. The summed E-state index contributed by atoms with van der Waals surface area (Å²) in [7, 11) is 1.76. The van der Waals surface area contributed by atoms with Crippen LogP contribution in [0.15, 0.2) is 53.2 Å². The van der Waals surface area contributed by atoms with Crippen molar-refractivity contribution in [3.8, 4) is 0 Å². The van der Waals surface area contributed by atoms with Gasteiger partial charge in [-0.1, -0.05) is 36.4 Å². The van der Waals surface area contributed by atoms with Gasteiger partial charge in [-0.05, 0) is 48.3 Å².